The molecule has 0 heterocycles. The van der Waals surface area contributed by atoms with E-state index in [0.717, 1.165) is 0 Å². The lowest BCUT2D eigenvalue weighted by Crippen LogP contribution is -2.58. The van der Waals surface area contributed by atoms with Gasteiger partial charge in [0.05, 0.1) is 23.9 Å². The molecular formula is C3H11ClNO5P. The molecule has 0 saturated carbocycles. The number of hydrogen-bond donors (Lipinski definition) is 1. The number of nitrogens with zero attached hydrogens (tertiary/aromatic N) is 1. The Kier molecular flexibility index (Phi) is 9.11. The van der Waals surface area contributed by atoms with Gasteiger partial charge in [0.15, 0.2) is 0 Å². The first kappa shape index (κ1) is 14.0. The molecule has 0 aromatic heterocycles. The molecule has 0 aromatic rings. The van der Waals surface area contributed by atoms with Gasteiger partial charge in [-0.1, -0.05) is 0 Å². The van der Waals surface area contributed by atoms with Crippen molar-refractivity contribution in [2.45, 2.75) is 0 Å². The van der Waals surface area contributed by atoms with Crippen LogP contribution in [0.3, 0.4) is 0 Å². The third-order valence-corrected chi connectivity index (χ3v) is 0.822. The monoisotopic (exact) mass is 207 g/mol. The Bertz CT molecular complexity index is 80.3. The standard InChI is InChI=1S/C3H10NOP.ClHO4/c1-4(2)6-5-3;2-1(3,4)5/h6H,1-3H3;(H,2,3,4,5). The van der Waals surface area contributed by atoms with Crippen LogP contribution in [0.2, 0.25) is 0 Å². The molecule has 1 N–H and O–H groups in total. The van der Waals surface area contributed by atoms with Crippen molar-refractivity contribution in [3.8, 4) is 0 Å². The lowest BCUT2D eigenvalue weighted by Gasteiger charge is -2.03. The first-order valence-corrected chi connectivity index (χ1v) is 4.48. The Labute approximate surface area is 69.0 Å². The van der Waals surface area contributed by atoms with Crippen LogP contribution in [0.25, 0.3) is 0 Å². The number of rotatable bonds is 2. The van der Waals surface area contributed by atoms with Crippen LogP contribution < -0.4 is 14.0 Å². The molecule has 0 amide bonds. The Hall–Kier alpha value is 0.480. The highest BCUT2D eigenvalue weighted by atomic mass is 35.7. The van der Waals surface area contributed by atoms with Crippen LogP contribution in [0.15, 0.2) is 0 Å². The van der Waals surface area contributed by atoms with Crippen molar-refractivity contribution < 1.29 is 33.4 Å². The lowest BCUT2D eigenvalue weighted by molar-refractivity contribution is -1.92. The van der Waals surface area contributed by atoms with Gasteiger partial charge in [-0.25, -0.2) is 0 Å². The summed E-state index contributed by atoms with van der Waals surface area (Å²) >= 11 is 0. The minimum absolute atomic E-state index is 0.505. The van der Waals surface area contributed by atoms with Gasteiger partial charge in [0.2, 0.25) is 0 Å². The maximum absolute atomic E-state index is 8.60. The molecule has 0 rings (SSSR count). The minimum atomic E-state index is -4.69. The van der Waals surface area contributed by atoms with E-state index >= 15 is 0 Å². The molecule has 11 heavy (non-hydrogen) atoms. The zero-order chi connectivity index (χ0) is 9.49. The molecule has 6 nitrogen and oxygen atoms in total. The summed E-state index contributed by atoms with van der Waals surface area (Å²) in [5.74, 6) is 0. The maximum atomic E-state index is 8.60. The molecule has 0 fully saturated rings. The van der Waals surface area contributed by atoms with Gasteiger partial charge in [0.25, 0.3) is 0 Å². The fourth-order valence-electron chi connectivity index (χ4n) is 0.183. The van der Waals surface area contributed by atoms with Crippen LogP contribution in [0, 0.1) is 10.2 Å². The van der Waals surface area contributed by atoms with Crippen molar-refractivity contribution in [2.75, 3.05) is 21.2 Å². The van der Waals surface area contributed by atoms with Crippen LogP contribution in [0.5, 0.6) is 0 Å². The smallest absolute Gasteiger partial charge is 0.0879 e. The summed E-state index contributed by atoms with van der Waals surface area (Å²) in [4.78, 5) is 0. The van der Waals surface area contributed by atoms with Gasteiger partial charge in [0.1, 0.15) is 0 Å². The molecule has 0 aliphatic carbocycles. The fourth-order valence-corrected chi connectivity index (χ4v) is 0.548. The predicted octanol–water partition coefficient (Wildman–Crippen LogP) is -3.42. The summed E-state index contributed by atoms with van der Waals surface area (Å²) in [7, 11) is 1.45. The van der Waals surface area contributed by atoms with Crippen molar-refractivity contribution in [1.82, 2.24) is 4.67 Å². The van der Waals surface area contributed by atoms with Crippen LogP contribution >= 0.6 is 8.96 Å². The zero-order valence-corrected chi connectivity index (χ0v) is 8.16. The summed E-state index contributed by atoms with van der Waals surface area (Å²) in [6.07, 6.45) is 0. The van der Waals surface area contributed by atoms with Crippen molar-refractivity contribution in [3.05, 3.63) is 0 Å². The van der Waals surface area contributed by atoms with Crippen LogP contribution in [-0.2, 0) is 4.52 Å². The van der Waals surface area contributed by atoms with Gasteiger partial charge in [-0.15, -0.1) is 0 Å². The Morgan fingerprint density at radius 2 is 1.64 bits per heavy atom. The summed E-state index contributed by atoms with van der Waals surface area (Å²) in [6, 6.07) is 0. The van der Waals surface area contributed by atoms with Crippen LogP contribution in [0.1, 0.15) is 0 Å². The average Bonchev–Trinajstić information content (AvgIpc) is 1.58. The lowest BCUT2D eigenvalue weighted by atomic mass is 11.3. The molecule has 0 aliphatic heterocycles. The topological polar surface area (TPSA) is 102 Å². The van der Waals surface area contributed by atoms with E-state index in [9.17, 15) is 0 Å². The second kappa shape index (κ2) is 7.15. The Morgan fingerprint density at radius 3 is 1.64 bits per heavy atom. The third-order valence-electron chi connectivity index (χ3n) is 0.274. The van der Waals surface area contributed by atoms with Gasteiger partial charge >= 0.3 is 0 Å². The summed E-state index contributed by atoms with van der Waals surface area (Å²) < 4.78 is 39.5. The SMILES string of the molecule is COPN(C)C.[O-][Cl+3]([O-])([O-])O. The molecule has 0 saturated heterocycles. The number of hydrogen-bond acceptors (Lipinski definition) is 6. The van der Waals surface area contributed by atoms with Crippen molar-refractivity contribution >= 4 is 8.96 Å². The van der Waals surface area contributed by atoms with E-state index in [-0.39, 0.29) is 0 Å². The fraction of sp³-hybridized carbons (Fsp3) is 1.00. The van der Waals surface area contributed by atoms with Crippen molar-refractivity contribution in [3.63, 3.8) is 0 Å². The molecule has 0 bridgehead atoms. The molecule has 0 radical (unpaired) electrons. The number of halogens is 1. The predicted molar refractivity (Wildman–Crippen MR) is 31.2 cm³/mol. The molecule has 0 aliphatic rings. The zero-order valence-electron chi connectivity index (χ0n) is 6.41. The molecule has 1 unspecified atom stereocenters. The van der Waals surface area contributed by atoms with E-state index in [0.29, 0.717) is 8.96 Å². The second-order valence-corrected chi connectivity index (χ2v) is 3.86. The summed E-state index contributed by atoms with van der Waals surface area (Å²) in [5.41, 5.74) is 0. The van der Waals surface area contributed by atoms with Gasteiger partial charge in [-0.05, 0) is 14.1 Å². The van der Waals surface area contributed by atoms with Gasteiger partial charge < -0.3 is 4.52 Å². The van der Waals surface area contributed by atoms with E-state index in [1.807, 2.05) is 18.8 Å². The van der Waals surface area contributed by atoms with E-state index in [4.69, 9.17) is 23.2 Å². The quantitative estimate of drug-likeness (QED) is 0.473. The van der Waals surface area contributed by atoms with Crippen LogP contribution in [-0.4, -0.2) is 30.5 Å². The third kappa shape index (κ3) is 62.2. The highest BCUT2D eigenvalue weighted by Crippen LogP contribution is 2.09. The van der Waals surface area contributed by atoms with E-state index in [1.54, 1.807) is 7.11 Å². The molecule has 70 valence electrons. The van der Waals surface area contributed by atoms with E-state index < -0.39 is 10.2 Å². The van der Waals surface area contributed by atoms with Gasteiger partial charge in [-0.3, -0.25) is 4.67 Å². The molecular weight excluding hydrogens is 196 g/mol. The second-order valence-electron chi connectivity index (χ2n) is 1.59. The first-order chi connectivity index (χ1) is 4.77. The Morgan fingerprint density at radius 1 is 1.36 bits per heavy atom. The van der Waals surface area contributed by atoms with E-state index in [1.165, 1.54) is 0 Å². The average molecular weight is 208 g/mol. The Balaban J connectivity index is 0. The summed E-state index contributed by atoms with van der Waals surface area (Å²) in [5, 5.41) is 0. The molecule has 0 aromatic carbocycles. The molecule has 0 spiro atoms. The van der Waals surface area contributed by atoms with Crippen LogP contribution in [0.4, 0.5) is 0 Å². The van der Waals surface area contributed by atoms with Gasteiger partial charge in [-0.2, -0.15) is 14.0 Å². The highest BCUT2D eigenvalue weighted by molar-refractivity contribution is 7.29. The normalized spacial score (nSPS) is 12.0. The summed E-state index contributed by atoms with van der Waals surface area (Å²) in [6.45, 7) is 0. The molecule has 8 heteroatoms. The van der Waals surface area contributed by atoms with E-state index in [2.05, 4.69) is 0 Å². The first-order valence-electron chi connectivity index (χ1n) is 2.36. The minimum Gasteiger partial charge on any atom is -0.350 e. The molecule has 1 atom stereocenters. The van der Waals surface area contributed by atoms with Crippen molar-refractivity contribution in [2.24, 2.45) is 0 Å². The maximum Gasteiger partial charge on any atom is 0.0879 e. The van der Waals surface area contributed by atoms with Gasteiger partial charge in [0, 0.05) is 7.11 Å². The van der Waals surface area contributed by atoms with Crippen molar-refractivity contribution in [1.29, 1.82) is 0 Å². The highest BCUT2D eigenvalue weighted by Gasteiger charge is 1.98. The largest absolute Gasteiger partial charge is 0.350 e.